The van der Waals surface area contributed by atoms with E-state index in [-0.39, 0.29) is 12.5 Å². The topological polar surface area (TPSA) is 64.8 Å². The lowest BCUT2D eigenvalue weighted by Crippen LogP contribution is -2.45. The highest BCUT2D eigenvalue weighted by Gasteiger charge is 2.34. The molecule has 0 bridgehead atoms. The van der Waals surface area contributed by atoms with Gasteiger partial charge in [0.25, 0.3) is 5.91 Å². The summed E-state index contributed by atoms with van der Waals surface area (Å²) in [5.74, 6) is 1.76. The normalized spacial score (nSPS) is 25.4. The molecule has 1 fully saturated rings. The first-order valence-electron chi connectivity index (χ1n) is 6.65. The summed E-state index contributed by atoms with van der Waals surface area (Å²) < 4.78 is 11.3. The Balaban J connectivity index is 1.66. The van der Waals surface area contributed by atoms with Crippen LogP contribution in [0, 0.1) is 5.92 Å². The van der Waals surface area contributed by atoms with Gasteiger partial charge in [-0.05, 0) is 31.0 Å². The monoisotopic (exact) mass is 262 g/mol. The van der Waals surface area contributed by atoms with E-state index in [9.17, 15) is 4.79 Å². The zero-order valence-corrected chi connectivity index (χ0v) is 10.7. The van der Waals surface area contributed by atoms with Crippen molar-refractivity contribution in [1.82, 2.24) is 4.90 Å². The summed E-state index contributed by atoms with van der Waals surface area (Å²) in [6.45, 7) is 2.41. The Kier molecular flexibility index (Phi) is 3.29. The van der Waals surface area contributed by atoms with E-state index in [2.05, 4.69) is 0 Å². The Hall–Kier alpha value is -1.75. The lowest BCUT2D eigenvalue weighted by molar-refractivity contribution is -0.140. The van der Waals surface area contributed by atoms with Gasteiger partial charge in [-0.2, -0.15) is 0 Å². The first kappa shape index (κ1) is 12.3. The van der Waals surface area contributed by atoms with Gasteiger partial charge in [0.15, 0.2) is 11.5 Å². The molecular formula is C14H18N2O3. The predicted molar refractivity (Wildman–Crippen MR) is 70.1 cm³/mol. The van der Waals surface area contributed by atoms with Crippen LogP contribution in [0.3, 0.4) is 0 Å². The van der Waals surface area contributed by atoms with Gasteiger partial charge in [0.1, 0.15) is 6.61 Å². The minimum absolute atomic E-state index is 0.00505. The number of carbonyl (C=O) groups is 1. The molecule has 1 saturated heterocycles. The van der Waals surface area contributed by atoms with Gasteiger partial charge in [-0.25, -0.2) is 0 Å². The van der Waals surface area contributed by atoms with Gasteiger partial charge in [-0.15, -0.1) is 0 Å². The van der Waals surface area contributed by atoms with Crippen molar-refractivity contribution in [3.63, 3.8) is 0 Å². The molecule has 0 aliphatic carbocycles. The van der Waals surface area contributed by atoms with Crippen LogP contribution < -0.4 is 15.2 Å². The Bertz CT molecular complexity index is 478. The fourth-order valence-corrected chi connectivity index (χ4v) is 2.57. The van der Waals surface area contributed by atoms with Gasteiger partial charge >= 0.3 is 0 Å². The van der Waals surface area contributed by atoms with Crippen LogP contribution >= 0.6 is 0 Å². The van der Waals surface area contributed by atoms with Crippen LogP contribution in [0.25, 0.3) is 0 Å². The number of para-hydroxylation sites is 2. The maximum absolute atomic E-state index is 12.4. The Morgan fingerprint density at radius 1 is 1.37 bits per heavy atom. The number of hydrogen-bond acceptors (Lipinski definition) is 4. The molecule has 5 nitrogen and oxygen atoms in total. The van der Waals surface area contributed by atoms with E-state index in [0.717, 1.165) is 19.5 Å². The zero-order valence-electron chi connectivity index (χ0n) is 10.7. The SMILES string of the molecule is NCC1CCN(C(=O)C2COc3ccccc3O2)C1. The number of nitrogens with zero attached hydrogens (tertiary/aromatic N) is 1. The third-order valence-electron chi connectivity index (χ3n) is 3.71. The second-order valence-corrected chi connectivity index (χ2v) is 5.04. The average molecular weight is 262 g/mol. The van der Waals surface area contributed by atoms with Crippen molar-refractivity contribution in [3.05, 3.63) is 24.3 Å². The van der Waals surface area contributed by atoms with Crippen molar-refractivity contribution >= 4 is 5.91 Å². The number of benzene rings is 1. The molecule has 1 aromatic rings. The molecule has 2 atom stereocenters. The number of nitrogens with two attached hydrogens (primary N) is 1. The summed E-state index contributed by atoms with van der Waals surface area (Å²) in [6.07, 6.45) is 0.443. The summed E-state index contributed by atoms with van der Waals surface area (Å²) in [7, 11) is 0. The van der Waals surface area contributed by atoms with Crippen LogP contribution in [0.4, 0.5) is 0 Å². The Labute approximate surface area is 112 Å². The van der Waals surface area contributed by atoms with E-state index in [1.807, 2.05) is 29.2 Å². The molecule has 102 valence electrons. The minimum atomic E-state index is -0.536. The molecule has 2 unspecified atom stereocenters. The van der Waals surface area contributed by atoms with E-state index in [1.54, 1.807) is 0 Å². The molecule has 2 N–H and O–H groups in total. The number of hydrogen-bond donors (Lipinski definition) is 1. The number of amides is 1. The molecule has 0 radical (unpaired) electrons. The quantitative estimate of drug-likeness (QED) is 0.849. The number of carbonyl (C=O) groups excluding carboxylic acids is 1. The molecule has 1 amide bonds. The highest BCUT2D eigenvalue weighted by atomic mass is 16.6. The van der Waals surface area contributed by atoms with Gasteiger partial charge in [0.05, 0.1) is 0 Å². The van der Waals surface area contributed by atoms with Crippen LogP contribution in [-0.2, 0) is 4.79 Å². The minimum Gasteiger partial charge on any atom is -0.485 e. The molecule has 2 heterocycles. The van der Waals surface area contributed by atoms with Gasteiger partial charge in [0, 0.05) is 13.1 Å². The Morgan fingerprint density at radius 2 is 2.16 bits per heavy atom. The van der Waals surface area contributed by atoms with E-state index in [0.29, 0.717) is 24.0 Å². The Morgan fingerprint density at radius 3 is 2.89 bits per heavy atom. The highest BCUT2D eigenvalue weighted by molar-refractivity contribution is 5.82. The number of fused-ring (bicyclic) bond motifs is 1. The predicted octanol–water partition coefficient (Wildman–Crippen LogP) is 0.634. The van der Waals surface area contributed by atoms with E-state index < -0.39 is 6.10 Å². The number of rotatable bonds is 2. The highest BCUT2D eigenvalue weighted by Crippen LogP contribution is 2.31. The van der Waals surface area contributed by atoms with Crippen LogP contribution in [0.15, 0.2) is 24.3 Å². The third-order valence-corrected chi connectivity index (χ3v) is 3.71. The van der Waals surface area contributed by atoms with E-state index in [4.69, 9.17) is 15.2 Å². The fourth-order valence-electron chi connectivity index (χ4n) is 2.57. The van der Waals surface area contributed by atoms with Crippen LogP contribution in [0.5, 0.6) is 11.5 Å². The first-order valence-corrected chi connectivity index (χ1v) is 6.65. The van der Waals surface area contributed by atoms with Crippen LogP contribution in [-0.4, -0.2) is 43.2 Å². The third kappa shape index (κ3) is 2.38. The summed E-state index contributed by atoms with van der Waals surface area (Å²) in [5, 5.41) is 0. The molecule has 0 spiro atoms. The molecule has 19 heavy (non-hydrogen) atoms. The van der Waals surface area contributed by atoms with Gasteiger partial charge in [-0.1, -0.05) is 12.1 Å². The maximum Gasteiger partial charge on any atom is 0.267 e. The summed E-state index contributed by atoms with van der Waals surface area (Å²) in [6, 6.07) is 7.42. The number of likely N-dealkylation sites (tertiary alicyclic amines) is 1. The molecule has 3 rings (SSSR count). The smallest absolute Gasteiger partial charge is 0.267 e. The second kappa shape index (κ2) is 5.09. The zero-order chi connectivity index (χ0) is 13.2. The van der Waals surface area contributed by atoms with E-state index >= 15 is 0 Å². The van der Waals surface area contributed by atoms with Crippen LogP contribution in [0.2, 0.25) is 0 Å². The molecular weight excluding hydrogens is 244 g/mol. The van der Waals surface area contributed by atoms with Gasteiger partial charge in [-0.3, -0.25) is 4.79 Å². The van der Waals surface area contributed by atoms with Crippen molar-refractivity contribution in [2.24, 2.45) is 11.7 Å². The summed E-state index contributed by atoms with van der Waals surface area (Å²) in [4.78, 5) is 14.2. The molecule has 5 heteroatoms. The average Bonchev–Trinajstić information content (AvgIpc) is 2.95. The van der Waals surface area contributed by atoms with Crippen molar-refractivity contribution in [1.29, 1.82) is 0 Å². The lowest BCUT2D eigenvalue weighted by Gasteiger charge is -2.28. The maximum atomic E-state index is 12.4. The fraction of sp³-hybridized carbons (Fsp3) is 0.500. The molecule has 2 aliphatic heterocycles. The van der Waals surface area contributed by atoms with Crippen molar-refractivity contribution in [2.75, 3.05) is 26.2 Å². The standard InChI is InChI=1S/C14H18N2O3/c15-7-10-5-6-16(8-10)14(17)13-9-18-11-3-1-2-4-12(11)19-13/h1-4,10,13H,5-9,15H2. The summed E-state index contributed by atoms with van der Waals surface area (Å²) in [5.41, 5.74) is 5.64. The molecule has 2 aliphatic rings. The van der Waals surface area contributed by atoms with Gasteiger partial charge in [0.2, 0.25) is 6.10 Å². The first-order chi connectivity index (χ1) is 9.28. The van der Waals surface area contributed by atoms with Crippen molar-refractivity contribution < 1.29 is 14.3 Å². The molecule has 0 saturated carbocycles. The second-order valence-electron chi connectivity index (χ2n) is 5.04. The molecule has 0 aromatic heterocycles. The summed E-state index contributed by atoms with van der Waals surface area (Å²) >= 11 is 0. The molecule has 1 aromatic carbocycles. The number of ether oxygens (including phenoxy) is 2. The largest absolute Gasteiger partial charge is 0.485 e. The van der Waals surface area contributed by atoms with Gasteiger partial charge < -0.3 is 20.1 Å². The van der Waals surface area contributed by atoms with E-state index in [1.165, 1.54) is 0 Å². The van der Waals surface area contributed by atoms with Crippen LogP contribution in [0.1, 0.15) is 6.42 Å². The van der Waals surface area contributed by atoms with Crippen molar-refractivity contribution in [2.45, 2.75) is 12.5 Å². The van der Waals surface area contributed by atoms with Crippen molar-refractivity contribution in [3.8, 4) is 11.5 Å². The lowest BCUT2D eigenvalue weighted by atomic mass is 10.1.